The molecule has 0 unspecified atom stereocenters. The minimum Gasteiger partial charge on any atom is -0.465 e. The number of hydrogen-bond acceptors (Lipinski definition) is 4. The lowest BCUT2D eigenvalue weighted by Crippen LogP contribution is -2.49. The fourth-order valence-corrected chi connectivity index (χ4v) is 3.08. The van der Waals surface area contributed by atoms with Gasteiger partial charge < -0.3 is 15.0 Å². The lowest BCUT2D eigenvalue weighted by molar-refractivity contribution is 0.0600. The van der Waals surface area contributed by atoms with Crippen molar-refractivity contribution in [3.63, 3.8) is 0 Å². The summed E-state index contributed by atoms with van der Waals surface area (Å²) in [6, 6.07) is 16.8. The molecule has 2 amide bonds. The van der Waals surface area contributed by atoms with Gasteiger partial charge in [-0.3, -0.25) is 4.90 Å². The first-order chi connectivity index (χ1) is 13.7. The highest BCUT2D eigenvalue weighted by molar-refractivity contribution is 5.93. The lowest BCUT2D eigenvalue weighted by Gasteiger charge is -2.34. The van der Waals surface area contributed by atoms with Crippen LogP contribution in [0.2, 0.25) is 0 Å². The van der Waals surface area contributed by atoms with Gasteiger partial charge in [0.1, 0.15) is 0 Å². The number of nitrogens with zero attached hydrogens (tertiary/aromatic N) is 2. The second kappa shape index (κ2) is 9.71. The molecule has 0 radical (unpaired) electrons. The Kier molecular flexibility index (Phi) is 6.81. The Bertz CT molecular complexity index is 828. The van der Waals surface area contributed by atoms with E-state index in [-0.39, 0.29) is 6.03 Å². The van der Waals surface area contributed by atoms with Crippen molar-refractivity contribution in [2.24, 2.45) is 0 Å². The van der Waals surface area contributed by atoms with Crippen molar-refractivity contribution in [2.45, 2.75) is 0 Å². The van der Waals surface area contributed by atoms with Crippen LogP contribution in [0.5, 0.6) is 0 Å². The van der Waals surface area contributed by atoms with Crippen LogP contribution in [0.25, 0.3) is 6.08 Å². The Morgan fingerprint density at radius 2 is 1.79 bits per heavy atom. The summed E-state index contributed by atoms with van der Waals surface area (Å²) in [5.41, 5.74) is 2.19. The highest BCUT2D eigenvalue weighted by Crippen LogP contribution is 2.13. The van der Waals surface area contributed by atoms with Crippen LogP contribution in [-0.2, 0) is 4.74 Å². The van der Waals surface area contributed by atoms with Crippen LogP contribution in [-0.4, -0.2) is 61.6 Å². The monoisotopic (exact) mass is 379 g/mol. The number of rotatable bonds is 5. The van der Waals surface area contributed by atoms with Crippen LogP contribution in [0.1, 0.15) is 15.9 Å². The van der Waals surface area contributed by atoms with E-state index in [1.807, 2.05) is 18.2 Å². The molecule has 1 aliphatic rings. The standard InChI is InChI=1S/C22H25N3O3/c1-28-21(26)19-10-5-11-20(17-19)23-22(27)25-15-13-24(14-16-25)12-6-9-18-7-3-2-4-8-18/h2-11,17H,12-16H2,1H3,(H,23,27)/b9-6+. The molecule has 0 bridgehead atoms. The molecule has 6 nitrogen and oxygen atoms in total. The molecule has 0 saturated carbocycles. The molecule has 3 rings (SSSR count). The van der Waals surface area contributed by atoms with Crippen molar-refractivity contribution >= 4 is 23.8 Å². The summed E-state index contributed by atoms with van der Waals surface area (Å²) in [5.74, 6) is -0.423. The third-order valence-electron chi connectivity index (χ3n) is 4.67. The number of amides is 2. The van der Waals surface area contributed by atoms with Gasteiger partial charge in [-0.25, -0.2) is 9.59 Å². The summed E-state index contributed by atoms with van der Waals surface area (Å²) < 4.78 is 4.71. The zero-order valence-electron chi connectivity index (χ0n) is 16.0. The summed E-state index contributed by atoms with van der Waals surface area (Å²) in [7, 11) is 1.34. The topological polar surface area (TPSA) is 61.9 Å². The minimum atomic E-state index is -0.423. The molecule has 0 atom stereocenters. The van der Waals surface area contributed by atoms with Crippen LogP contribution < -0.4 is 5.32 Å². The Hall–Kier alpha value is -3.12. The molecule has 6 heteroatoms. The summed E-state index contributed by atoms with van der Waals surface area (Å²) in [4.78, 5) is 28.2. The fourth-order valence-electron chi connectivity index (χ4n) is 3.08. The quantitative estimate of drug-likeness (QED) is 0.810. The molecule has 2 aromatic rings. The van der Waals surface area contributed by atoms with E-state index in [1.165, 1.54) is 12.7 Å². The SMILES string of the molecule is COC(=O)c1cccc(NC(=O)N2CCN(C/C=C/c3ccccc3)CC2)c1. The number of nitrogens with one attached hydrogen (secondary N) is 1. The number of esters is 1. The summed E-state index contributed by atoms with van der Waals surface area (Å²) in [6.45, 7) is 3.86. The molecule has 1 saturated heterocycles. The van der Waals surface area contributed by atoms with Crippen LogP contribution in [0.3, 0.4) is 0 Å². The second-order valence-electron chi connectivity index (χ2n) is 6.60. The van der Waals surface area contributed by atoms with Crippen molar-refractivity contribution in [3.8, 4) is 0 Å². The van der Waals surface area contributed by atoms with Gasteiger partial charge in [0, 0.05) is 38.4 Å². The van der Waals surface area contributed by atoms with Crippen LogP contribution in [0.4, 0.5) is 10.5 Å². The number of piperazine rings is 1. The maximum Gasteiger partial charge on any atom is 0.337 e. The summed E-state index contributed by atoms with van der Waals surface area (Å²) in [6.07, 6.45) is 4.27. The molecule has 1 fully saturated rings. The maximum absolute atomic E-state index is 12.5. The number of anilines is 1. The Labute approximate surface area is 165 Å². The van der Waals surface area contributed by atoms with Crippen molar-refractivity contribution in [1.82, 2.24) is 9.80 Å². The predicted octanol–water partition coefficient (Wildman–Crippen LogP) is 3.34. The van der Waals surface area contributed by atoms with Gasteiger partial charge in [0.2, 0.25) is 0 Å². The summed E-state index contributed by atoms with van der Waals surface area (Å²) in [5, 5.41) is 2.86. The fraction of sp³-hybridized carbons (Fsp3) is 0.273. The average Bonchev–Trinajstić information content (AvgIpc) is 2.74. The molecule has 1 N–H and O–H groups in total. The van der Waals surface area contributed by atoms with Crippen molar-refractivity contribution in [3.05, 3.63) is 71.8 Å². The number of benzene rings is 2. The van der Waals surface area contributed by atoms with E-state index in [9.17, 15) is 9.59 Å². The van der Waals surface area contributed by atoms with E-state index in [2.05, 4.69) is 34.5 Å². The Balaban J connectivity index is 1.46. The smallest absolute Gasteiger partial charge is 0.337 e. The zero-order chi connectivity index (χ0) is 19.8. The van der Waals surface area contributed by atoms with Crippen molar-refractivity contribution in [1.29, 1.82) is 0 Å². The number of urea groups is 1. The number of carbonyl (C=O) groups excluding carboxylic acids is 2. The third-order valence-corrected chi connectivity index (χ3v) is 4.67. The highest BCUT2D eigenvalue weighted by Gasteiger charge is 2.20. The third kappa shape index (κ3) is 5.44. The van der Waals surface area contributed by atoms with Gasteiger partial charge in [-0.15, -0.1) is 0 Å². The number of carbonyl (C=O) groups is 2. The van der Waals surface area contributed by atoms with E-state index < -0.39 is 5.97 Å². The van der Waals surface area contributed by atoms with Gasteiger partial charge in [-0.2, -0.15) is 0 Å². The van der Waals surface area contributed by atoms with E-state index >= 15 is 0 Å². The van der Waals surface area contributed by atoms with E-state index in [0.717, 1.165) is 19.6 Å². The number of ether oxygens (including phenoxy) is 1. The van der Waals surface area contributed by atoms with E-state index in [1.54, 1.807) is 29.2 Å². The molecule has 1 aliphatic heterocycles. The van der Waals surface area contributed by atoms with Crippen molar-refractivity contribution < 1.29 is 14.3 Å². The van der Waals surface area contributed by atoms with Gasteiger partial charge >= 0.3 is 12.0 Å². The molecular formula is C22H25N3O3. The Morgan fingerprint density at radius 3 is 2.50 bits per heavy atom. The van der Waals surface area contributed by atoms with Gasteiger partial charge in [-0.05, 0) is 23.8 Å². The van der Waals surface area contributed by atoms with E-state index in [4.69, 9.17) is 4.74 Å². The second-order valence-corrected chi connectivity index (χ2v) is 6.60. The Morgan fingerprint density at radius 1 is 1.04 bits per heavy atom. The number of hydrogen-bond donors (Lipinski definition) is 1. The first-order valence-electron chi connectivity index (χ1n) is 9.34. The van der Waals surface area contributed by atoms with Crippen LogP contribution in [0, 0.1) is 0 Å². The molecule has 1 heterocycles. The molecule has 2 aromatic carbocycles. The molecule has 0 aromatic heterocycles. The first kappa shape index (κ1) is 19.6. The van der Waals surface area contributed by atoms with Crippen LogP contribution >= 0.6 is 0 Å². The first-order valence-corrected chi connectivity index (χ1v) is 9.34. The average molecular weight is 379 g/mol. The number of methoxy groups -OCH3 is 1. The van der Waals surface area contributed by atoms with Crippen LogP contribution in [0.15, 0.2) is 60.7 Å². The molecule has 146 valence electrons. The van der Waals surface area contributed by atoms with Crippen molar-refractivity contribution in [2.75, 3.05) is 45.2 Å². The summed E-state index contributed by atoms with van der Waals surface area (Å²) >= 11 is 0. The van der Waals surface area contributed by atoms with Gasteiger partial charge in [0.05, 0.1) is 12.7 Å². The zero-order valence-corrected chi connectivity index (χ0v) is 16.0. The predicted molar refractivity (Wildman–Crippen MR) is 110 cm³/mol. The maximum atomic E-state index is 12.5. The normalized spacial score (nSPS) is 14.8. The van der Waals surface area contributed by atoms with Gasteiger partial charge in [-0.1, -0.05) is 48.6 Å². The minimum absolute atomic E-state index is 0.151. The highest BCUT2D eigenvalue weighted by atomic mass is 16.5. The molecule has 0 aliphatic carbocycles. The molecular weight excluding hydrogens is 354 g/mol. The molecule has 0 spiro atoms. The lowest BCUT2D eigenvalue weighted by atomic mass is 10.2. The van der Waals surface area contributed by atoms with Gasteiger partial charge in [0.25, 0.3) is 0 Å². The van der Waals surface area contributed by atoms with Gasteiger partial charge in [0.15, 0.2) is 0 Å². The van der Waals surface area contributed by atoms with E-state index in [0.29, 0.717) is 24.3 Å². The largest absolute Gasteiger partial charge is 0.465 e. The molecule has 28 heavy (non-hydrogen) atoms.